The molecule has 3 fully saturated rings. The Morgan fingerprint density at radius 1 is 0.854 bits per heavy atom. The average Bonchev–Trinajstić information content (AvgIpc) is 3.43. The van der Waals surface area contributed by atoms with Gasteiger partial charge in [-0.2, -0.15) is 0 Å². The molecule has 4 aliphatic carbocycles. The van der Waals surface area contributed by atoms with Crippen molar-refractivity contribution in [1.82, 2.24) is 0 Å². The predicted octanol–water partition coefficient (Wildman–Crippen LogP) is 9.29. The largest absolute Gasteiger partial charge is 0.507 e. The Labute approximate surface area is 292 Å². The minimum atomic E-state index is 0.238. The SMILES string of the molecule is CC(C)CCC[C@@H](C)[C@H]1CC[C@H]2[C@@H]3CC=C4C[C@@H](OCCOCCOCCOCCN=Cc5ccccc5O)CC[C@]4(C)[C@H]3CC[C@]12C. The molecule has 0 spiro atoms. The van der Waals surface area contributed by atoms with Gasteiger partial charge in [0.25, 0.3) is 0 Å². The average molecular weight is 666 g/mol. The van der Waals surface area contributed by atoms with Gasteiger partial charge in [0, 0.05) is 11.8 Å². The van der Waals surface area contributed by atoms with E-state index in [0.29, 0.717) is 75.3 Å². The van der Waals surface area contributed by atoms with Crippen LogP contribution < -0.4 is 0 Å². The van der Waals surface area contributed by atoms with Gasteiger partial charge >= 0.3 is 0 Å². The van der Waals surface area contributed by atoms with E-state index in [0.717, 1.165) is 41.9 Å². The van der Waals surface area contributed by atoms with E-state index in [1.165, 1.54) is 64.2 Å². The van der Waals surface area contributed by atoms with Crippen LogP contribution in [0.15, 0.2) is 40.9 Å². The van der Waals surface area contributed by atoms with E-state index in [1.807, 2.05) is 12.1 Å². The zero-order chi connectivity index (χ0) is 34.0. The van der Waals surface area contributed by atoms with Crippen molar-refractivity contribution < 1.29 is 24.1 Å². The molecule has 0 unspecified atom stereocenters. The first kappa shape index (κ1) is 37.5. The molecule has 0 bridgehead atoms. The molecule has 6 nitrogen and oxygen atoms in total. The van der Waals surface area contributed by atoms with Crippen molar-refractivity contribution in [3.05, 3.63) is 41.5 Å². The van der Waals surface area contributed by atoms with Gasteiger partial charge in [-0.15, -0.1) is 0 Å². The molecule has 1 N–H and O–H groups in total. The first-order chi connectivity index (χ1) is 23.2. The van der Waals surface area contributed by atoms with E-state index < -0.39 is 0 Å². The number of benzene rings is 1. The Hall–Kier alpha value is -1.73. The van der Waals surface area contributed by atoms with E-state index in [4.69, 9.17) is 18.9 Å². The second-order valence-corrected chi connectivity index (χ2v) is 16.5. The van der Waals surface area contributed by atoms with Crippen LogP contribution in [0.4, 0.5) is 0 Å². The number of rotatable bonds is 19. The summed E-state index contributed by atoms with van der Waals surface area (Å²) < 4.78 is 23.4. The van der Waals surface area contributed by atoms with Gasteiger partial charge < -0.3 is 24.1 Å². The minimum absolute atomic E-state index is 0.238. The van der Waals surface area contributed by atoms with E-state index in [-0.39, 0.29) is 5.75 Å². The van der Waals surface area contributed by atoms with Crippen molar-refractivity contribution in [2.24, 2.45) is 51.3 Å². The van der Waals surface area contributed by atoms with E-state index in [9.17, 15) is 5.11 Å². The van der Waals surface area contributed by atoms with Crippen molar-refractivity contribution in [2.45, 2.75) is 111 Å². The van der Waals surface area contributed by atoms with Gasteiger partial charge in [0.1, 0.15) is 5.75 Å². The van der Waals surface area contributed by atoms with Gasteiger partial charge in [0.2, 0.25) is 0 Å². The lowest BCUT2D eigenvalue weighted by Gasteiger charge is -2.58. The van der Waals surface area contributed by atoms with E-state index in [2.05, 4.69) is 45.7 Å². The van der Waals surface area contributed by atoms with Crippen LogP contribution in [0.25, 0.3) is 0 Å². The maximum Gasteiger partial charge on any atom is 0.124 e. The molecule has 3 saturated carbocycles. The first-order valence-corrected chi connectivity index (χ1v) is 19.5. The Bertz CT molecular complexity index is 1180. The minimum Gasteiger partial charge on any atom is -0.507 e. The highest BCUT2D eigenvalue weighted by Gasteiger charge is 2.59. The summed E-state index contributed by atoms with van der Waals surface area (Å²) in [5, 5.41) is 9.75. The van der Waals surface area contributed by atoms with Gasteiger partial charge in [-0.25, -0.2) is 0 Å². The Morgan fingerprint density at radius 2 is 1.58 bits per heavy atom. The number of hydrogen-bond acceptors (Lipinski definition) is 6. The number of aliphatic imine (C=N–C) groups is 1. The number of allylic oxidation sites excluding steroid dienone is 1. The van der Waals surface area contributed by atoms with Crippen LogP contribution in [0, 0.1) is 46.3 Å². The fourth-order valence-electron chi connectivity index (χ4n) is 10.5. The molecule has 0 heterocycles. The highest BCUT2D eigenvalue weighted by atomic mass is 16.6. The van der Waals surface area contributed by atoms with Gasteiger partial charge in [0.15, 0.2) is 0 Å². The summed E-state index contributed by atoms with van der Waals surface area (Å²) in [6, 6.07) is 7.16. The molecule has 270 valence electrons. The molecular formula is C42H67NO5. The third-order valence-corrected chi connectivity index (χ3v) is 13.1. The van der Waals surface area contributed by atoms with Crippen LogP contribution >= 0.6 is 0 Å². The quantitative estimate of drug-likeness (QED) is 0.0906. The summed E-state index contributed by atoms with van der Waals surface area (Å²) in [7, 11) is 0. The Balaban J connectivity index is 0.935. The first-order valence-electron chi connectivity index (χ1n) is 19.5. The molecule has 1 aromatic rings. The normalized spacial score (nSPS) is 32.2. The Morgan fingerprint density at radius 3 is 2.33 bits per heavy atom. The molecule has 0 aliphatic heterocycles. The molecule has 0 amide bonds. The number of hydrogen-bond donors (Lipinski definition) is 1. The summed E-state index contributed by atoms with van der Waals surface area (Å²) in [6.07, 6.45) is 19.6. The lowest BCUT2D eigenvalue weighted by atomic mass is 9.47. The lowest BCUT2D eigenvalue weighted by Crippen LogP contribution is -2.51. The standard InChI is InChI=1S/C42H67NO5/c1-31(2)9-8-10-32(3)37-15-16-38-36-14-13-34-29-35(17-19-41(34,4)39(36)18-20-42(37,38)5)48-28-27-47-26-25-46-24-23-45-22-21-43-30-33-11-6-7-12-40(33)44/h6-7,11-13,30-32,35-39,44H,8-10,14-29H2,1-5H3/t32-,35+,36+,37-,38+,39+,41+,42-/m1/s1. The molecule has 8 atom stereocenters. The zero-order valence-corrected chi connectivity index (χ0v) is 31.0. The number of para-hydroxylation sites is 1. The molecule has 0 aromatic heterocycles. The van der Waals surface area contributed by atoms with Crippen LogP contribution in [-0.4, -0.2) is 70.2 Å². The summed E-state index contributed by atoms with van der Waals surface area (Å²) >= 11 is 0. The van der Waals surface area contributed by atoms with Crippen LogP contribution in [0.1, 0.15) is 111 Å². The smallest absolute Gasteiger partial charge is 0.124 e. The van der Waals surface area contributed by atoms with Crippen molar-refractivity contribution in [3.63, 3.8) is 0 Å². The van der Waals surface area contributed by atoms with Gasteiger partial charge in [-0.3, -0.25) is 4.99 Å². The number of nitrogens with zero attached hydrogens (tertiary/aromatic N) is 1. The maximum atomic E-state index is 9.75. The lowest BCUT2D eigenvalue weighted by molar-refractivity contribution is -0.0691. The number of fused-ring (bicyclic) bond motifs is 5. The maximum absolute atomic E-state index is 9.75. The highest BCUT2D eigenvalue weighted by Crippen LogP contribution is 2.67. The van der Waals surface area contributed by atoms with Crippen molar-refractivity contribution >= 4 is 6.21 Å². The molecule has 0 saturated heterocycles. The van der Waals surface area contributed by atoms with Gasteiger partial charge in [-0.05, 0) is 110 Å². The van der Waals surface area contributed by atoms with Crippen LogP contribution in [0.2, 0.25) is 0 Å². The monoisotopic (exact) mass is 666 g/mol. The molecule has 0 radical (unpaired) electrons. The van der Waals surface area contributed by atoms with Gasteiger partial charge in [0.05, 0.1) is 58.9 Å². The van der Waals surface area contributed by atoms with Crippen LogP contribution in [-0.2, 0) is 18.9 Å². The van der Waals surface area contributed by atoms with Crippen LogP contribution in [0.3, 0.4) is 0 Å². The molecule has 6 heteroatoms. The fourth-order valence-corrected chi connectivity index (χ4v) is 10.5. The van der Waals surface area contributed by atoms with E-state index >= 15 is 0 Å². The fraction of sp³-hybridized carbons (Fsp3) is 0.786. The molecular weight excluding hydrogens is 598 g/mol. The summed E-state index contributed by atoms with van der Waals surface area (Å²) in [4.78, 5) is 4.30. The van der Waals surface area contributed by atoms with Gasteiger partial charge in [-0.1, -0.05) is 77.7 Å². The van der Waals surface area contributed by atoms with Crippen LogP contribution in [0.5, 0.6) is 5.75 Å². The third-order valence-electron chi connectivity index (χ3n) is 13.1. The predicted molar refractivity (Wildman–Crippen MR) is 196 cm³/mol. The highest BCUT2D eigenvalue weighted by molar-refractivity contribution is 5.83. The molecule has 48 heavy (non-hydrogen) atoms. The van der Waals surface area contributed by atoms with Crippen molar-refractivity contribution in [2.75, 3.05) is 52.8 Å². The molecule has 4 aliphatic rings. The van der Waals surface area contributed by atoms with Crippen molar-refractivity contribution in [1.29, 1.82) is 0 Å². The molecule has 1 aromatic carbocycles. The second kappa shape index (κ2) is 18.0. The number of aromatic hydroxyl groups is 1. The number of phenols is 1. The molecule has 5 rings (SSSR count). The summed E-state index contributed by atoms with van der Waals surface area (Å²) in [5.41, 5.74) is 3.36. The number of phenolic OH excluding ortho intramolecular Hbond substituents is 1. The third kappa shape index (κ3) is 9.33. The van der Waals surface area contributed by atoms with Crippen molar-refractivity contribution in [3.8, 4) is 5.75 Å². The topological polar surface area (TPSA) is 69.5 Å². The number of ether oxygens (including phenoxy) is 4. The second-order valence-electron chi connectivity index (χ2n) is 16.5. The van der Waals surface area contributed by atoms with E-state index in [1.54, 1.807) is 23.9 Å². The summed E-state index contributed by atoms with van der Waals surface area (Å²) in [6.45, 7) is 17.2. The zero-order valence-electron chi connectivity index (χ0n) is 31.0. The Kier molecular flexibility index (Phi) is 14.0. The summed E-state index contributed by atoms with van der Waals surface area (Å²) in [5.74, 6) is 5.56.